The number of fused-ring (bicyclic) bond motifs is 1. The molecule has 0 saturated heterocycles. The Labute approximate surface area is 123 Å². The number of hydrogen-bond donors (Lipinski definition) is 0. The molecule has 0 aliphatic rings. The Morgan fingerprint density at radius 2 is 1.48 bits per heavy atom. The van der Waals surface area contributed by atoms with E-state index in [1.54, 1.807) is 7.11 Å². The van der Waals surface area contributed by atoms with E-state index in [1.807, 2.05) is 55.5 Å². The van der Waals surface area contributed by atoms with E-state index < -0.39 is 0 Å². The van der Waals surface area contributed by atoms with E-state index in [9.17, 15) is 0 Å². The van der Waals surface area contributed by atoms with E-state index in [0.29, 0.717) is 18.1 Å². The van der Waals surface area contributed by atoms with Crippen molar-refractivity contribution in [3.8, 4) is 11.5 Å². The molecule has 0 fully saturated rings. The van der Waals surface area contributed by atoms with Gasteiger partial charge in [-0.05, 0) is 31.2 Å². The van der Waals surface area contributed by atoms with Crippen LogP contribution in [0.15, 0.2) is 48.5 Å². The van der Waals surface area contributed by atoms with Crippen molar-refractivity contribution in [3.63, 3.8) is 0 Å². The molecular formula is C17H16N2O2. The maximum atomic E-state index is 5.82. The second-order valence-corrected chi connectivity index (χ2v) is 4.68. The van der Waals surface area contributed by atoms with Crippen molar-refractivity contribution >= 4 is 11.0 Å². The Morgan fingerprint density at radius 3 is 2.19 bits per heavy atom. The van der Waals surface area contributed by atoms with E-state index in [4.69, 9.17) is 9.47 Å². The summed E-state index contributed by atoms with van der Waals surface area (Å²) in [7, 11) is 1.63. The molecule has 3 aromatic rings. The van der Waals surface area contributed by atoms with Crippen molar-refractivity contribution in [1.29, 1.82) is 0 Å². The smallest absolute Gasteiger partial charge is 0.161 e. The topological polar surface area (TPSA) is 44.2 Å². The molecule has 0 radical (unpaired) electrons. The van der Waals surface area contributed by atoms with Crippen LogP contribution in [-0.2, 0) is 6.61 Å². The minimum Gasteiger partial charge on any atom is -0.493 e. The van der Waals surface area contributed by atoms with Gasteiger partial charge in [0.15, 0.2) is 11.5 Å². The highest BCUT2D eigenvalue weighted by Gasteiger charge is 2.08. The Hall–Kier alpha value is -2.62. The van der Waals surface area contributed by atoms with Crippen LogP contribution in [0.5, 0.6) is 11.5 Å². The standard InChI is InChI=1S/C17H16N2O2/c1-12-15(19-14-8-4-3-7-13(14)18-12)11-21-17-10-6-5-9-16(17)20-2/h3-10H,11H2,1-2H3. The fraction of sp³-hybridized carbons (Fsp3) is 0.176. The first kappa shape index (κ1) is 13.4. The summed E-state index contributed by atoms with van der Waals surface area (Å²) in [6.45, 7) is 2.31. The summed E-state index contributed by atoms with van der Waals surface area (Å²) in [5, 5.41) is 0. The van der Waals surface area contributed by atoms with Crippen LogP contribution in [0, 0.1) is 6.92 Å². The van der Waals surface area contributed by atoms with Gasteiger partial charge in [0, 0.05) is 0 Å². The van der Waals surface area contributed by atoms with Crippen LogP contribution >= 0.6 is 0 Å². The van der Waals surface area contributed by atoms with Crippen LogP contribution in [0.25, 0.3) is 11.0 Å². The number of aryl methyl sites for hydroxylation is 1. The maximum Gasteiger partial charge on any atom is 0.161 e. The molecule has 1 aromatic heterocycles. The van der Waals surface area contributed by atoms with Crippen molar-refractivity contribution in [3.05, 3.63) is 59.9 Å². The number of methoxy groups -OCH3 is 1. The lowest BCUT2D eigenvalue weighted by Gasteiger charge is -2.11. The number of hydrogen-bond acceptors (Lipinski definition) is 4. The zero-order valence-electron chi connectivity index (χ0n) is 12.0. The minimum absolute atomic E-state index is 0.365. The number of nitrogens with zero attached hydrogens (tertiary/aromatic N) is 2. The van der Waals surface area contributed by atoms with Crippen LogP contribution in [0.4, 0.5) is 0 Å². The summed E-state index contributed by atoms with van der Waals surface area (Å²) in [5.41, 5.74) is 3.49. The molecule has 106 valence electrons. The first-order valence-electron chi connectivity index (χ1n) is 6.76. The van der Waals surface area contributed by atoms with Gasteiger partial charge in [0.25, 0.3) is 0 Å². The van der Waals surface area contributed by atoms with E-state index in [1.165, 1.54) is 0 Å². The molecule has 0 aliphatic carbocycles. The Balaban J connectivity index is 1.86. The largest absolute Gasteiger partial charge is 0.493 e. The second-order valence-electron chi connectivity index (χ2n) is 4.68. The van der Waals surface area contributed by atoms with Gasteiger partial charge >= 0.3 is 0 Å². The zero-order chi connectivity index (χ0) is 14.7. The molecule has 0 spiro atoms. The number of rotatable bonds is 4. The van der Waals surface area contributed by atoms with Crippen LogP contribution in [-0.4, -0.2) is 17.1 Å². The lowest BCUT2D eigenvalue weighted by atomic mass is 10.2. The van der Waals surface area contributed by atoms with Crippen LogP contribution in [0.2, 0.25) is 0 Å². The summed E-state index contributed by atoms with van der Waals surface area (Å²) in [4.78, 5) is 9.17. The van der Waals surface area contributed by atoms with Crippen LogP contribution in [0.3, 0.4) is 0 Å². The predicted octanol–water partition coefficient (Wildman–Crippen LogP) is 3.53. The van der Waals surface area contributed by atoms with Crippen molar-refractivity contribution in [2.24, 2.45) is 0 Å². The highest BCUT2D eigenvalue weighted by Crippen LogP contribution is 2.26. The number of aromatic nitrogens is 2. The Bertz CT molecular complexity index is 772. The lowest BCUT2D eigenvalue weighted by Crippen LogP contribution is -2.04. The lowest BCUT2D eigenvalue weighted by molar-refractivity contribution is 0.280. The van der Waals surface area contributed by atoms with Crippen molar-refractivity contribution in [2.45, 2.75) is 13.5 Å². The average molecular weight is 280 g/mol. The predicted molar refractivity (Wildman–Crippen MR) is 81.6 cm³/mol. The second kappa shape index (κ2) is 5.79. The summed E-state index contributed by atoms with van der Waals surface area (Å²) in [5.74, 6) is 1.42. The van der Waals surface area contributed by atoms with Gasteiger partial charge < -0.3 is 9.47 Å². The molecule has 4 nitrogen and oxygen atoms in total. The van der Waals surface area contributed by atoms with Crippen molar-refractivity contribution in [1.82, 2.24) is 9.97 Å². The van der Waals surface area contributed by atoms with E-state index in [-0.39, 0.29) is 0 Å². The summed E-state index contributed by atoms with van der Waals surface area (Å²) < 4.78 is 11.1. The first-order valence-corrected chi connectivity index (χ1v) is 6.76. The molecule has 0 saturated carbocycles. The monoisotopic (exact) mass is 280 g/mol. The summed E-state index contributed by atoms with van der Waals surface area (Å²) >= 11 is 0. The normalized spacial score (nSPS) is 10.6. The van der Waals surface area contributed by atoms with Gasteiger partial charge in [-0.3, -0.25) is 0 Å². The molecule has 3 rings (SSSR count). The molecule has 1 heterocycles. The summed E-state index contributed by atoms with van der Waals surface area (Å²) in [6.07, 6.45) is 0. The third-order valence-electron chi connectivity index (χ3n) is 3.28. The Kier molecular flexibility index (Phi) is 3.69. The molecule has 4 heteroatoms. The number of ether oxygens (including phenoxy) is 2. The van der Waals surface area contributed by atoms with Gasteiger partial charge in [-0.15, -0.1) is 0 Å². The molecule has 0 unspecified atom stereocenters. The maximum absolute atomic E-state index is 5.82. The number of benzene rings is 2. The fourth-order valence-corrected chi connectivity index (χ4v) is 2.15. The van der Waals surface area contributed by atoms with Gasteiger partial charge in [0.1, 0.15) is 6.61 Å². The molecule has 0 N–H and O–H groups in total. The van der Waals surface area contributed by atoms with Gasteiger partial charge in [-0.2, -0.15) is 0 Å². The molecule has 2 aromatic carbocycles. The molecule has 0 aliphatic heterocycles. The third-order valence-corrected chi connectivity index (χ3v) is 3.28. The van der Waals surface area contributed by atoms with Crippen LogP contribution in [0.1, 0.15) is 11.4 Å². The van der Waals surface area contributed by atoms with Gasteiger partial charge in [-0.1, -0.05) is 24.3 Å². The highest BCUT2D eigenvalue weighted by atomic mass is 16.5. The van der Waals surface area contributed by atoms with E-state index in [0.717, 1.165) is 22.4 Å². The fourth-order valence-electron chi connectivity index (χ4n) is 2.15. The summed E-state index contributed by atoms with van der Waals surface area (Å²) in [6, 6.07) is 15.4. The first-order chi connectivity index (χ1) is 10.3. The van der Waals surface area contributed by atoms with E-state index in [2.05, 4.69) is 9.97 Å². The highest BCUT2D eigenvalue weighted by molar-refractivity contribution is 5.74. The van der Waals surface area contributed by atoms with E-state index >= 15 is 0 Å². The molecule has 0 bridgehead atoms. The third kappa shape index (κ3) is 2.79. The van der Waals surface area contributed by atoms with Crippen LogP contribution < -0.4 is 9.47 Å². The molecular weight excluding hydrogens is 264 g/mol. The van der Waals surface area contributed by atoms with Gasteiger partial charge in [-0.25, -0.2) is 9.97 Å². The average Bonchev–Trinajstić information content (AvgIpc) is 2.53. The van der Waals surface area contributed by atoms with Crippen molar-refractivity contribution in [2.75, 3.05) is 7.11 Å². The molecule has 21 heavy (non-hydrogen) atoms. The molecule has 0 amide bonds. The Morgan fingerprint density at radius 1 is 0.857 bits per heavy atom. The zero-order valence-corrected chi connectivity index (χ0v) is 12.0. The SMILES string of the molecule is COc1ccccc1OCc1nc2ccccc2nc1C. The van der Waals surface area contributed by atoms with Gasteiger partial charge in [0.2, 0.25) is 0 Å². The minimum atomic E-state index is 0.365. The molecule has 0 atom stereocenters. The quantitative estimate of drug-likeness (QED) is 0.733. The number of para-hydroxylation sites is 4. The van der Waals surface area contributed by atoms with Crippen molar-refractivity contribution < 1.29 is 9.47 Å². The van der Waals surface area contributed by atoms with Gasteiger partial charge in [0.05, 0.1) is 29.5 Å².